The molecule has 2 aromatic rings. The van der Waals surface area contributed by atoms with Gasteiger partial charge in [0, 0.05) is 56.6 Å². The molecule has 0 fully saturated rings. The van der Waals surface area contributed by atoms with Gasteiger partial charge in [0.1, 0.15) is 30.7 Å². The van der Waals surface area contributed by atoms with Crippen LogP contribution in [-0.2, 0) is 36.8 Å². The summed E-state index contributed by atoms with van der Waals surface area (Å²) in [6.45, 7) is 3.14. The highest BCUT2D eigenvalue weighted by atomic mass is 16.5. The lowest BCUT2D eigenvalue weighted by atomic mass is 10.0. The molecular weight excluding hydrogens is 578 g/mol. The third-order valence-corrected chi connectivity index (χ3v) is 7.58. The number of hydrogen-bond donors (Lipinski definition) is 2. The fraction of sp³-hybridized carbons (Fsp3) is 0.529. The van der Waals surface area contributed by atoms with Crippen molar-refractivity contribution in [1.82, 2.24) is 10.2 Å². The molecule has 0 saturated heterocycles. The Bertz CT molecular complexity index is 1240. The van der Waals surface area contributed by atoms with E-state index in [0.717, 1.165) is 62.8 Å². The molecule has 11 nitrogen and oxygen atoms in total. The normalized spacial score (nSPS) is 13.0. The lowest BCUT2D eigenvalue weighted by molar-refractivity contribution is -0.122. The number of nitrogens with one attached hydrogen (secondary N) is 2. The number of fused-ring (bicyclic) bond motifs is 1. The predicted octanol–water partition coefficient (Wildman–Crippen LogP) is 3.96. The van der Waals surface area contributed by atoms with Crippen molar-refractivity contribution in [3.8, 4) is 11.5 Å². The molecule has 11 heteroatoms. The van der Waals surface area contributed by atoms with Crippen molar-refractivity contribution in [3.63, 3.8) is 0 Å². The quantitative estimate of drug-likeness (QED) is 0.147. The summed E-state index contributed by atoms with van der Waals surface area (Å²) < 4.78 is 22.7. The number of unbranched alkanes of at least 4 members (excludes halogenated alkanes) is 2. The Morgan fingerprint density at radius 2 is 1.80 bits per heavy atom. The van der Waals surface area contributed by atoms with E-state index in [-0.39, 0.29) is 31.4 Å². The van der Waals surface area contributed by atoms with Crippen molar-refractivity contribution in [2.24, 2.45) is 0 Å². The Kier molecular flexibility index (Phi) is 16.1. The molecule has 2 N–H and O–H groups in total. The van der Waals surface area contributed by atoms with Gasteiger partial charge >= 0.3 is 0 Å². The summed E-state index contributed by atoms with van der Waals surface area (Å²) in [4.78, 5) is 49.3. The van der Waals surface area contributed by atoms with E-state index < -0.39 is 6.04 Å². The van der Waals surface area contributed by atoms with Gasteiger partial charge in [-0.05, 0) is 81.8 Å². The molecule has 45 heavy (non-hydrogen) atoms. The minimum absolute atomic E-state index is 0.138. The number of benzene rings is 2. The number of carbonyl (C=O) groups is 4. The minimum Gasteiger partial charge on any atom is -0.494 e. The molecular formula is C34H47N3O8. The van der Waals surface area contributed by atoms with Gasteiger partial charge in [0.2, 0.25) is 11.8 Å². The molecule has 0 saturated carbocycles. The molecule has 1 aliphatic heterocycles. The molecule has 1 atom stereocenters. The van der Waals surface area contributed by atoms with Crippen LogP contribution >= 0.6 is 0 Å². The SMILES string of the molecule is CNC(=O)CCC(C=O)N(C)Cc1c(C=O)cccc1NC(=O)COCCCOCCCCCOc1ccc2c(c1)CCCO2. The summed E-state index contributed by atoms with van der Waals surface area (Å²) in [5.74, 6) is 1.36. The summed E-state index contributed by atoms with van der Waals surface area (Å²) >= 11 is 0. The monoisotopic (exact) mass is 625 g/mol. The molecule has 0 bridgehead atoms. The van der Waals surface area contributed by atoms with E-state index >= 15 is 0 Å². The van der Waals surface area contributed by atoms with Crippen molar-refractivity contribution < 1.29 is 38.1 Å². The highest BCUT2D eigenvalue weighted by Crippen LogP contribution is 2.28. The van der Waals surface area contributed by atoms with Crippen LogP contribution in [0.5, 0.6) is 11.5 Å². The van der Waals surface area contributed by atoms with Gasteiger partial charge in [0.05, 0.1) is 19.3 Å². The van der Waals surface area contributed by atoms with E-state index in [1.54, 1.807) is 37.2 Å². The van der Waals surface area contributed by atoms with Gasteiger partial charge in [-0.15, -0.1) is 0 Å². The predicted molar refractivity (Wildman–Crippen MR) is 171 cm³/mol. The van der Waals surface area contributed by atoms with Crippen LogP contribution in [0.15, 0.2) is 36.4 Å². The fourth-order valence-corrected chi connectivity index (χ4v) is 4.99. The Hall–Kier alpha value is -3.80. The topological polar surface area (TPSA) is 133 Å². The van der Waals surface area contributed by atoms with Gasteiger partial charge in [-0.1, -0.05) is 12.1 Å². The number of amides is 2. The maximum atomic E-state index is 12.6. The van der Waals surface area contributed by atoms with Crippen LogP contribution in [0.3, 0.4) is 0 Å². The largest absolute Gasteiger partial charge is 0.494 e. The van der Waals surface area contributed by atoms with Crippen LogP contribution < -0.4 is 20.1 Å². The summed E-state index contributed by atoms with van der Waals surface area (Å²) in [5, 5.41) is 5.36. The maximum absolute atomic E-state index is 12.6. The second-order valence-electron chi connectivity index (χ2n) is 11.0. The number of rotatable bonds is 22. The average Bonchev–Trinajstić information content (AvgIpc) is 3.06. The number of likely N-dealkylation sites (N-methyl/N-ethyl adjacent to an activating group) is 1. The maximum Gasteiger partial charge on any atom is 0.250 e. The van der Waals surface area contributed by atoms with Crippen molar-refractivity contribution in [3.05, 3.63) is 53.1 Å². The van der Waals surface area contributed by atoms with Crippen LogP contribution in [0.4, 0.5) is 5.69 Å². The summed E-state index contributed by atoms with van der Waals surface area (Å²) in [7, 11) is 3.28. The average molecular weight is 626 g/mol. The summed E-state index contributed by atoms with van der Waals surface area (Å²) in [6.07, 6.45) is 7.71. The molecule has 0 radical (unpaired) electrons. The first kappa shape index (κ1) is 35.7. The standard InChI is InChI=1S/C34H47N3O8/c1-35-33(40)15-12-28(24-39)37(2)22-30-27(23-38)9-6-11-31(30)36-34(41)25-43-18-8-17-42-16-4-3-5-19-44-29-13-14-32-26(21-29)10-7-20-45-32/h6,9,11,13-14,21,23-24,28H,3-5,7-8,10,12,15-20,22,25H2,1-2H3,(H,35,40)(H,36,41). The second-order valence-corrected chi connectivity index (χ2v) is 11.0. The van der Waals surface area contributed by atoms with Gasteiger partial charge in [0.25, 0.3) is 0 Å². The molecule has 1 aliphatic rings. The Morgan fingerprint density at radius 1 is 1.00 bits per heavy atom. The van der Waals surface area contributed by atoms with E-state index in [4.69, 9.17) is 18.9 Å². The molecule has 0 aromatic heterocycles. The lowest BCUT2D eigenvalue weighted by Crippen LogP contribution is -2.34. The second kappa shape index (κ2) is 20.3. The third kappa shape index (κ3) is 12.6. The fourth-order valence-electron chi connectivity index (χ4n) is 4.99. The smallest absolute Gasteiger partial charge is 0.250 e. The van der Waals surface area contributed by atoms with E-state index in [9.17, 15) is 19.2 Å². The van der Waals surface area contributed by atoms with Crippen LogP contribution in [0.2, 0.25) is 0 Å². The molecule has 0 spiro atoms. The van der Waals surface area contributed by atoms with Crippen LogP contribution in [0, 0.1) is 0 Å². The first-order valence-electron chi connectivity index (χ1n) is 15.7. The molecule has 2 aromatic carbocycles. The zero-order valence-electron chi connectivity index (χ0n) is 26.5. The van der Waals surface area contributed by atoms with E-state index in [0.29, 0.717) is 56.1 Å². The Labute approximate surface area is 265 Å². The first-order chi connectivity index (χ1) is 21.9. The number of anilines is 1. The number of aldehydes is 2. The molecule has 3 rings (SSSR count). The first-order valence-corrected chi connectivity index (χ1v) is 15.7. The van der Waals surface area contributed by atoms with Gasteiger partial charge in [-0.2, -0.15) is 0 Å². The Balaban J connectivity index is 1.27. The summed E-state index contributed by atoms with van der Waals surface area (Å²) in [6, 6.07) is 10.6. The van der Waals surface area contributed by atoms with Gasteiger partial charge in [-0.3, -0.25) is 19.3 Å². The number of nitrogens with zero attached hydrogens (tertiary/aromatic N) is 1. The molecule has 1 unspecified atom stereocenters. The highest BCUT2D eigenvalue weighted by molar-refractivity contribution is 5.94. The van der Waals surface area contributed by atoms with Crippen molar-refractivity contribution in [1.29, 1.82) is 0 Å². The number of hydrogen-bond acceptors (Lipinski definition) is 9. The van der Waals surface area contributed by atoms with E-state index in [1.165, 1.54) is 5.56 Å². The van der Waals surface area contributed by atoms with Crippen molar-refractivity contribution in [2.45, 2.75) is 64.0 Å². The molecule has 2 amide bonds. The highest BCUT2D eigenvalue weighted by Gasteiger charge is 2.19. The molecule has 246 valence electrons. The lowest BCUT2D eigenvalue weighted by Gasteiger charge is -2.25. The van der Waals surface area contributed by atoms with Crippen LogP contribution in [0.1, 0.15) is 66.4 Å². The summed E-state index contributed by atoms with van der Waals surface area (Å²) in [5.41, 5.74) is 2.69. The van der Waals surface area contributed by atoms with Crippen LogP contribution in [0.25, 0.3) is 0 Å². The number of aryl methyl sites for hydroxylation is 1. The zero-order chi connectivity index (χ0) is 32.3. The number of carbonyl (C=O) groups excluding carboxylic acids is 4. The molecule has 0 aliphatic carbocycles. The van der Waals surface area contributed by atoms with Crippen LogP contribution in [-0.4, -0.2) is 89.1 Å². The van der Waals surface area contributed by atoms with Gasteiger partial charge < -0.3 is 34.4 Å². The number of ether oxygens (including phenoxy) is 4. The van der Waals surface area contributed by atoms with E-state index in [2.05, 4.69) is 16.7 Å². The van der Waals surface area contributed by atoms with Crippen molar-refractivity contribution >= 4 is 30.1 Å². The van der Waals surface area contributed by atoms with Gasteiger partial charge in [-0.25, -0.2) is 0 Å². The van der Waals surface area contributed by atoms with Crippen molar-refractivity contribution in [2.75, 3.05) is 59.1 Å². The zero-order valence-corrected chi connectivity index (χ0v) is 26.5. The van der Waals surface area contributed by atoms with E-state index in [1.807, 2.05) is 12.1 Å². The Morgan fingerprint density at radius 3 is 2.60 bits per heavy atom. The van der Waals surface area contributed by atoms with Gasteiger partial charge in [0.15, 0.2) is 0 Å². The third-order valence-electron chi connectivity index (χ3n) is 7.58. The minimum atomic E-state index is -0.522. The molecule has 1 heterocycles.